The number of hydrogen-bond donors (Lipinski definition) is 1. The van der Waals surface area contributed by atoms with E-state index in [9.17, 15) is 18.0 Å². The van der Waals surface area contributed by atoms with E-state index in [1.165, 1.54) is 23.8 Å². The zero-order chi connectivity index (χ0) is 21.6. The standard InChI is InChI=1S/C22H26F3N3O2/c1-27-10-12-28(13-11-27)15-18-8-6-17(7-9-18)14-26-21(29)16-30-20-5-3-2-4-19(20)22(23,24)25/h2-9H,10-16H2,1H3,(H,26,29). The summed E-state index contributed by atoms with van der Waals surface area (Å²) >= 11 is 0. The lowest BCUT2D eigenvalue weighted by Crippen LogP contribution is -2.43. The smallest absolute Gasteiger partial charge is 0.419 e. The zero-order valence-corrected chi connectivity index (χ0v) is 16.9. The largest absolute Gasteiger partial charge is 0.483 e. The van der Waals surface area contributed by atoms with Gasteiger partial charge in [-0.25, -0.2) is 0 Å². The van der Waals surface area contributed by atoms with Crippen molar-refractivity contribution in [3.8, 4) is 5.75 Å². The first kappa shape index (κ1) is 22.1. The molecule has 3 rings (SSSR count). The van der Waals surface area contributed by atoms with Gasteiger partial charge in [-0.05, 0) is 30.3 Å². The minimum Gasteiger partial charge on any atom is -0.483 e. The number of rotatable bonds is 7. The van der Waals surface area contributed by atoms with Gasteiger partial charge in [-0.2, -0.15) is 13.2 Å². The summed E-state index contributed by atoms with van der Waals surface area (Å²) in [6.45, 7) is 4.94. The maximum absolute atomic E-state index is 13.0. The molecule has 0 unspecified atom stereocenters. The van der Waals surface area contributed by atoms with E-state index < -0.39 is 24.3 Å². The molecule has 2 aromatic carbocycles. The van der Waals surface area contributed by atoms with Crippen LogP contribution in [0.5, 0.6) is 5.75 Å². The van der Waals surface area contributed by atoms with E-state index in [0.717, 1.165) is 44.4 Å². The van der Waals surface area contributed by atoms with Gasteiger partial charge < -0.3 is 15.0 Å². The Morgan fingerprint density at radius 1 is 1.00 bits per heavy atom. The molecule has 1 fully saturated rings. The Morgan fingerprint density at radius 2 is 1.63 bits per heavy atom. The fourth-order valence-electron chi connectivity index (χ4n) is 3.25. The van der Waals surface area contributed by atoms with Crippen LogP contribution in [0.4, 0.5) is 13.2 Å². The van der Waals surface area contributed by atoms with Gasteiger partial charge in [0.2, 0.25) is 0 Å². The van der Waals surface area contributed by atoms with Crippen molar-refractivity contribution in [2.24, 2.45) is 0 Å². The maximum Gasteiger partial charge on any atom is 0.419 e. The van der Waals surface area contributed by atoms with E-state index in [2.05, 4.69) is 22.2 Å². The molecule has 0 aliphatic carbocycles. The van der Waals surface area contributed by atoms with E-state index in [4.69, 9.17) is 4.74 Å². The summed E-state index contributed by atoms with van der Waals surface area (Å²) in [5, 5.41) is 2.67. The van der Waals surface area contributed by atoms with Gasteiger partial charge in [-0.1, -0.05) is 36.4 Å². The number of nitrogens with one attached hydrogen (secondary N) is 1. The Bertz CT molecular complexity index is 832. The highest BCUT2D eigenvalue weighted by Gasteiger charge is 2.34. The van der Waals surface area contributed by atoms with E-state index in [-0.39, 0.29) is 12.3 Å². The van der Waals surface area contributed by atoms with Crippen molar-refractivity contribution in [2.75, 3.05) is 39.8 Å². The van der Waals surface area contributed by atoms with Crippen molar-refractivity contribution in [2.45, 2.75) is 19.3 Å². The predicted molar refractivity (Wildman–Crippen MR) is 108 cm³/mol. The van der Waals surface area contributed by atoms with Gasteiger partial charge in [0.15, 0.2) is 6.61 Å². The molecule has 0 bridgehead atoms. The van der Waals surface area contributed by atoms with Crippen molar-refractivity contribution in [1.82, 2.24) is 15.1 Å². The van der Waals surface area contributed by atoms with Crippen molar-refractivity contribution in [3.63, 3.8) is 0 Å². The molecule has 0 aromatic heterocycles. The van der Waals surface area contributed by atoms with Crippen LogP contribution in [0.3, 0.4) is 0 Å². The Kier molecular flexibility index (Phi) is 7.33. The molecule has 1 aliphatic rings. The summed E-state index contributed by atoms with van der Waals surface area (Å²) in [5.41, 5.74) is 1.23. The Hall–Kier alpha value is -2.58. The number of piperazine rings is 1. The number of hydrogen-bond acceptors (Lipinski definition) is 4. The van der Waals surface area contributed by atoms with Gasteiger partial charge in [-0.3, -0.25) is 9.69 Å². The lowest BCUT2D eigenvalue weighted by molar-refractivity contribution is -0.139. The third-order valence-corrected chi connectivity index (χ3v) is 5.07. The third kappa shape index (κ3) is 6.47. The lowest BCUT2D eigenvalue weighted by atomic mass is 10.1. The number of nitrogens with zero attached hydrogens (tertiary/aromatic N) is 2. The van der Waals surface area contributed by atoms with E-state index in [0.29, 0.717) is 0 Å². The molecule has 1 N–H and O–H groups in total. The Morgan fingerprint density at radius 3 is 2.30 bits per heavy atom. The summed E-state index contributed by atoms with van der Waals surface area (Å²) in [5.74, 6) is -0.832. The van der Waals surface area contributed by atoms with Crippen molar-refractivity contribution < 1.29 is 22.7 Å². The molecule has 8 heteroatoms. The van der Waals surface area contributed by atoms with Crippen LogP contribution in [-0.4, -0.2) is 55.5 Å². The van der Waals surface area contributed by atoms with E-state index in [1.54, 1.807) is 0 Å². The molecule has 1 amide bonds. The summed E-state index contributed by atoms with van der Waals surface area (Å²) in [6.07, 6.45) is -4.53. The monoisotopic (exact) mass is 421 g/mol. The second-order valence-corrected chi connectivity index (χ2v) is 7.46. The molecule has 30 heavy (non-hydrogen) atoms. The minimum atomic E-state index is -4.53. The Balaban J connectivity index is 1.44. The van der Waals surface area contributed by atoms with Gasteiger partial charge in [0.05, 0.1) is 5.56 Å². The molecule has 162 valence electrons. The summed E-state index contributed by atoms with van der Waals surface area (Å²) in [4.78, 5) is 16.7. The molecule has 1 aliphatic heterocycles. The fourth-order valence-corrected chi connectivity index (χ4v) is 3.25. The maximum atomic E-state index is 13.0. The average molecular weight is 421 g/mol. The molecule has 1 saturated heterocycles. The molecular weight excluding hydrogens is 395 g/mol. The predicted octanol–water partition coefficient (Wildman–Crippen LogP) is 3.15. The van der Waals surface area contributed by atoms with Crippen LogP contribution in [0.2, 0.25) is 0 Å². The van der Waals surface area contributed by atoms with Gasteiger partial charge in [0, 0.05) is 39.3 Å². The van der Waals surface area contributed by atoms with E-state index >= 15 is 0 Å². The number of likely N-dealkylation sites (N-methyl/N-ethyl adjacent to an activating group) is 1. The number of benzene rings is 2. The number of amides is 1. The number of carbonyl (C=O) groups is 1. The van der Waals surface area contributed by atoms with Crippen LogP contribution in [0, 0.1) is 0 Å². The number of carbonyl (C=O) groups excluding carboxylic acids is 1. The first-order valence-corrected chi connectivity index (χ1v) is 9.86. The summed E-state index contributed by atoms with van der Waals surface area (Å²) < 4.78 is 43.9. The second-order valence-electron chi connectivity index (χ2n) is 7.46. The first-order valence-electron chi connectivity index (χ1n) is 9.86. The highest BCUT2D eigenvalue weighted by molar-refractivity contribution is 5.77. The average Bonchev–Trinajstić information content (AvgIpc) is 2.73. The van der Waals surface area contributed by atoms with Crippen LogP contribution < -0.4 is 10.1 Å². The van der Waals surface area contributed by atoms with Crippen LogP contribution >= 0.6 is 0 Å². The van der Waals surface area contributed by atoms with Crippen LogP contribution in [0.25, 0.3) is 0 Å². The van der Waals surface area contributed by atoms with Crippen LogP contribution in [-0.2, 0) is 24.1 Å². The number of alkyl halides is 3. The minimum absolute atomic E-state index is 0.290. The topological polar surface area (TPSA) is 44.8 Å². The van der Waals surface area contributed by atoms with Crippen LogP contribution in [0.1, 0.15) is 16.7 Å². The van der Waals surface area contributed by atoms with E-state index in [1.807, 2.05) is 24.3 Å². The van der Waals surface area contributed by atoms with Gasteiger partial charge in [-0.15, -0.1) is 0 Å². The van der Waals surface area contributed by atoms with Crippen molar-refractivity contribution in [3.05, 3.63) is 65.2 Å². The molecular formula is C22H26F3N3O2. The molecule has 0 radical (unpaired) electrons. The number of ether oxygens (including phenoxy) is 1. The third-order valence-electron chi connectivity index (χ3n) is 5.07. The summed E-state index contributed by atoms with van der Waals surface area (Å²) in [7, 11) is 2.13. The number of para-hydroxylation sites is 1. The second kappa shape index (κ2) is 9.95. The number of halogens is 3. The molecule has 0 spiro atoms. The molecule has 0 saturated carbocycles. The fraction of sp³-hybridized carbons (Fsp3) is 0.409. The highest BCUT2D eigenvalue weighted by atomic mass is 19.4. The zero-order valence-electron chi connectivity index (χ0n) is 16.9. The van der Waals surface area contributed by atoms with Crippen LogP contribution in [0.15, 0.2) is 48.5 Å². The quantitative estimate of drug-likeness (QED) is 0.746. The molecule has 1 heterocycles. The molecule has 0 atom stereocenters. The summed E-state index contributed by atoms with van der Waals surface area (Å²) in [6, 6.07) is 12.8. The normalized spacial score (nSPS) is 15.7. The van der Waals surface area contributed by atoms with Gasteiger partial charge >= 0.3 is 6.18 Å². The Labute approximate surface area is 174 Å². The highest BCUT2D eigenvalue weighted by Crippen LogP contribution is 2.35. The van der Waals surface area contributed by atoms with Crippen molar-refractivity contribution >= 4 is 5.91 Å². The first-order chi connectivity index (χ1) is 14.3. The van der Waals surface area contributed by atoms with Crippen molar-refractivity contribution in [1.29, 1.82) is 0 Å². The lowest BCUT2D eigenvalue weighted by Gasteiger charge is -2.32. The SMILES string of the molecule is CN1CCN(Cc2ccc(CNC(=O)COc3ccccc3C(F)(F)F)cc2)CC1. The van der Waals surface area contributed by atoms with Gasteiger partial charge in [0.25, 0.3) is 5.91 Å². The molecule has 2 aromatic rings. The molecule has 5 nitrogen and oxygen atoms in total. The van der Waals surface area contributed by atoms with Gasteiger partial charge in [0.1, 0.15) is 5.75 Å².